The molecule has 0 saturated heterocycles. The van der Waals surface area contributed by atoms with Gasteiger partial charge in [0, 0.05) is 14.0 Å². The highest BCUT2D eigenvalue weighted by Gasteiger charge is 2.20. The monoisotopic (exact) mass is 528 g/mol. The van der Waals surface area contributed by atoms with Crippen molar-refractivity contribution < 1.29 is 9.53 Å². The fourth-order valence-electron chi connectivity index (χ4n) is 3.77. The molecule has 2 heterocycles. The van der Waals surface area contributed by atoms with Gasteiger partial charge in [-0.2, -0.15) is 0 Å². The molecule has 0 fully saturated rings. The summed E-state index contributed by atoms with van der Waals surface area (Å²) in [5, 5.41) is 0.751. The van der Waals surface area contributed by atoms with Crippen LogP contribution in [0.5, 0.6) is 5.75 Å². The van der Waals surface area contributed by atoms with Crippen molar-refractivity contribution >= 4 is 50.1 Å². The number of carbonyl (C=O) groups excluding carboxylic acids is 1. The summed E-state index contributed by atoms with van der Waals surface area (Å²) < 4.78 is 6.33. The van der Waals surface area contributed by atoms with Crippen LogP contribution in [0.4, 0.5) is 0 Å². The predicted molar refractivity (Wildman–Crippen MR) is 126 cm³/mol. The second kappa shape index (κ2) is 7.96. The number of aromatic nitrogens is 2. The minimum absolute atomic E-state index is 0.0800. The molecular formula is C23H17IN2O3S. The molecule has 5 rings (SSSR count). The average molecular weight is 528 g/mol. The number of carbonyl (C=O) groups is 1. The molecule has 1 N–H and O–H groups in total. The van der Waals surface area contributed by atoms with E-state index in [0.29, 0.717) is 17.1 Å². The third-order valence-corrected chi connectivity index (χ3v) is 7.38. The largest absolute Gasteiger partial charge is 0.423 e. The Balaban J connectivity index is 1.43. The van der Waals surface area contributed by atoms with E-state index in [4.69, 9.17) is 9.72 Å². The van der Waals surface area contributed by atoms with Gasteiger partial charge in [0.15, 0.2) is 0 Å². The van der Waals surface area contributed by atoms with Crippen molar-refractivity contribution in [3.63, 3.8) is 0 Å². The average Bonchev–Trinajstić information content (AvgIpc) is 3.13. The van der Waals surface area contributed by atoms with Gasteiger partial charge in [-0.05, 0) is 90.2 Å². The molecule has 1 aliphatic carbocycles. The van der Waals surface area contributed by atoms with Crippen molar-refractivity contribution in [3.8, 4) is 17.1 Å². The number of H-pyrrole nitrogens is 1. The highest BCUT2D eigenvalue weighted by Crippen LogP contribution is 2.34. The lowest BCUT2D eigenvalue weighted by atomic mass is 9.97. The summed E-state index contributed by atoms with van der Waals surface area (Å²) >= 11 is 3.74. The van der Waals surface area contributed by atoms with Crippen LogP contribution >= 0.6 is 33.9 Å². The van der Waals surface area contributed by atoms with Crippen molar-refractivity contribution in [2.75, 3.05) is 0 Å². The summed E-state index contributed by atoms with van der Waals surface area (Å²) in [7, 11) is 0. The Labute approximate surface area is 190 Å². The minimum Gasteiger partial charge on any atom is -0.423 e. The molecule has 0 radical (unpaired) electrons. The summed E-state index contributed by atoms with van der Waals surface area (Å²) in [5.41, 5.74) is 2.40. The summed E-state index contributed by atoms with van der Waals surface area (Å²) in [4.78, 5) is 34.9. The van der Waals surface area contributed by atoms with Crippen LogP contribution in [0, 0.1) is 3.57 Å². The zero-order valence-electron chi connectivity index (χ0n) is 15.9. The first-order chi connectivity index (χ1) is 14.6. The van der Waals surface area contributed by atoms with Gasteiger partial charge in [0.05, 0.1) is 10.9 Å². The van der Waals surface area contributed by atoms with E-state index >= 15 is 0 Å². The molecule has 0 atom stereocenters. The van der Waals surface area contributed by atoms with Gasteiger partial charge < -0.3 is 9.72 Å². The highest BCUT2D eigenvalue weighted by molar-refractivity contribution is 14.1. The van der Waals surface area contributed by atoms with Gasteiger partial charge >= 0.3 is 5.97 Å². The van der Waals surface area contributed by atoms with E-state index in [0.717, 1.165) is 38.6 Å². The van der Waals surface area contributed by atoms with E-state index in [9.17, 15) is 9.59 Å². The van der Waals surface area contributed by atoms with Crippen molar-refractivity contribution in [2.24, 2.45) is 0 Å². The molecule has 0 saturated carbocycles. The second-order valence-electron chi connectivity index (χ2n) is 7.20. The number of thiophene rings is 1. The molecule has 4 aromatic rings. The van der Waals surface area contributed by atoms with E-state index in [2.05, 4.69) is 27.6 Å². The zero-order valence-corrected chi connectivity index (χ0v) is 18.9. The Bertz CT molecular complexity index is 1320. The smallest absolute Gasteiger partial charge is 0.344 e. The maximum Gasteiger partial charge on any atom is 0.344 e. The van der Waals surface area contributed by atoms with Gasteiger partial charge in [-0.25, -0.2) is 9.78 Å². The lowest BCUT2D eigenvalue weighted by Crippen LogP contribution is -2.11. The van der Waals surface area contributed by atoms with E-state index in [1.807, 2.05) is 18.2 Å². The van der Waals surface area contributed by atoms with Crippen molar-refractivity contribution in [1.82, 2.24) is 9.97 Å². The third kappa shape index (κ3) is 3.56. The number of rotatable bonds is 3. The maximum atomic E-state index is 12.7. The number of hydrogen-bond donors (Lipinski definition) is 1. The van der Waals surface area contributed by atoms with Gasteiger partial charge in [0.25, 0.3) is 5.56 Å². The van der Waals surface area contributed by atoms with Crippen molar-refractivity contribution in [2.45, 2.75) is 25.7 Å². The van der Waals surface area contributed by atoms with Crippen LogP contribution in [0.25, 0.3) is 21.6 Å². The molecule has 0 spiro atoms. The lowest BCUT2D eigenvalue weighted by molar-refractivity contribution is 0.0733. The Hall–Kier alpha value is -2.52. The van der Waals surface area contributed by atoms with Gasteiger partial charge in [-0.3, -0.25) is 4.79 Å². The molecule has 1 aliphatic rings. The first-order valence-electron chi connectivity index (χ1n) is 9.72. The summed E-state index contributed by atoms with van der Waals surface area (Å²) in [6, 6.07) is 14.3. The second-order valence-corrected chi connectivity index (χ2v) is 9.45. The molecular weight excluding hydrogens is 511 g/mol. The minimum atomic E-state index is -0.398. The number of esters is 1. The molecule has 7 heteroatoms. The molecule has 150 valence electrons. The van der Waals surface area contributed by atoms with Gasteiger partial charge in [0.2, 0.25) is 0 Å². The van der Waals surface area contributed by atoms with Gasteiger partial charge in [-0.1, -0.05) is 12.1 Å². The summed E-state index contributed by atoms with van der Waals surface area (Å²) in [5.74, 6) is 0.574. The quantitative estimate of drug-likeness (QED) is 0.221. The summed E-state index contributed by atoms with van der Waals surface area (Å²) in [6.07, 6.45) is 4.29. The Morgan fingerprint density at radius 2 is 1.83 bits per heavy atom. The van der Waals surface area contributed by atoms with Crippen LogP contribution in [0.2, 0.25) is 0 Å². The number of halogens is 1. The predicted octanol–water partition coefficient (Wildman–Crippen LogP) is 5.35. The van der Waals surface area contributed by atoms with Crippen LogP contribution in [-0.4, -0.2) is 15.9 Å². The molecule has 30 heavy (non-hydrogen) atoms. The normalized spacial score (nSPS) is 13.2. The third-order valence-electron chi connectivity index (χ3n) is 5.26. The van der Waals surface area contributed by atoms with E-state index < -0.39 is 5.97 Å². The van der Waals surface area contributed by atoms with E-state index in [-0.39, 0.29) is 5.56 Å². The topological polar surface area (TPSA) is 72.0 Å². The molecule has 2 aromatic heterocycles. The number of nitrogens with zero attached hydrogens (tertiary/aromatic N) is 1. The molecule has 0 amide bonds. The fourth-order valence-corrected chi connectivity index (χ4v) is 5.64. The number of fused-ring (bicyclic) bond motifs is 3. The van der Waals surface area contributed by atoms with Crippen LogP contribution in [0.15, 0.2) is 53.3 Å². The Kier molecular flexibility index (Phi) is 5.16. The molecule has 0 unspecified atom stereocenters. The van der Waals surface area contributed by atoms with E-state index in [1.54, 1.807) is 41.7 Å². The molecule has 0 bridgehead atoms. The summed E-state index contributed by atoms with van der Waals surface area (Å²) in [6.45, 7) is 0. The first kappa shape index (κ1) is 19.4. The zero-order chi connectivity index (χ0) is 20.7. The van der Waals surface area contributed by atoms with Crippen LogP contribution < -0.4 is 10.3 Å². The highest BCUT2D eigenvalue weighted by atomic mass is 127. The number of aryl methyl sites for hydroxylation is 2. The maximum absolute atomic E-state index is 12.7. The van der Waals surface area contributed by atoms with Crippen LogP contribution in [0.1, 0.15) is 33.6 Å². The lowest BCUT2D eigenvalue weighted by Gasteiger charge is -2.09. The van der Waals surface area contributed by atoms with E-state index in [1.165, 1.54) is 16.9 Å². The number of nitrogens with one attached hydrogen (secondary N) is 1. The molecule has 5 nitrogen and oxygen atoms in total. The number of hydrogen-bond acceptors (Lipinski definition) is 5. The fraction of sp³-hybridized carbons (Fsp3) is 0.174. The number of benzene rings is 2. The Morgan fingerprint density at radius 1 is 1.07 bits per heavy atom. The Morgan fingerprint density at radius 3 is 2.63 bits per heavy atom. The van der Waals surface area contributed by atoms with Gasteiger partial charge in [-0.15, -0.1) is 11.3 Å². The molecule has 0 aliphatic heterocycles. The van der Waals surface area contributed by atoms with Crippen LogP contribution in [0.3, 0.4) is 0 Å². The molecule has 2 aromatic carbocycles. The van der Waals surface area contributed by atoms with Gasteiger partial charge in [0.1, 0.15) is 16.4 Å². The van der Waals surface area contributed by atoms with Crippen molar-refractivity contribution in [3.05, 3.63) is 78.5 Å². The number of aromatic amines is 1. The number of ether oxygens (including phenoxy) is 1. The van der Waals surface area contributed by atoms with Crippen molar-refractivity contribution in [1.29, 1.82) is 0 Å². The standard InChI is InChI=1S/C23H17IN2O3S/c24-17-7-3-1-5-15(17)23(28)29-14-11-9-13(10-12-14)20-25-21(27)19-16-6-2-4-8-18(16)30-22(19)26-20/h1,3,5,7,9-12H,2,4,6,8H2,(H,25,26,27). The SMILES string of the molecule is O=C(Oc1ccc(-c2nc3sc4c(c3c(=O)[nH]2)CCCC4)cc1)c1ccccc1I. The first-order valence-corrected chi connectivity index (χ1v) is 11.6. The van der Waals surface area contributed by atoms with Crippen LogP contribution in [-0.2, 0) is 12.8 Å².